The summed E-state index contributed by atoms with van der Waals surface area (Å²) in [7, 11) is 0. The molecule has 2 bridgehead atoms. The average Bonchev–Trinajstić information content (AvgIpc) is 3.30. The summed E-state index contributed by atoms with van der Waals surface area (Å²) in [4.78, 5) is 51.2. The SMILES string of the molecule is O=C(CCN1C(=O)[C@H]2[C@@H]3C[C@H]([C@@H](Br)[C@H]3Br)[C@@H]2C1=O)OCC(=O)c1ccc(Cl)cc1. The minimum absolute atomic E-state index is 0.0159. The zero-order valence-corrected chi connectivity index (χ0v) is 19.2. The van der Waals surface area contributed by atoms with Crippen molar-refractivity contribution in [1.82, 2.24) is 4.90 Å². The highest BCUT2D eigenvalue weighted by atomic mass is 79.9. The lowest BCUT2D eigenvalue weighted by molar-refractivity contribution is -0.145. The first-order chi connectivity index (χ1) is 13.8. The second-order valence-corrected chi connectivity index (χ2v) is 10.2. The third-order valence-corrected chi connectivity index (χ3v) is 9.61. The van der Waals surface area contributed by atoms with Gasteiger partial charge in [0.1, 0.15) is 0 Å². The van der Waals surface area contributed by atoms with E-state index in [4.69, 9.17) is 16.3 Å². The number of halogens is 3. The predicted octanol–water partition coefficient (Wildman–Crippen LogP) is 3.23. The van der Waals surface area contributed by atoms with Crippen LogP contribution in [0.2, 0.25) is 5.02 Å². The third kappa shape index (κ3) is 3.68. The van der Waals surface area contributed by atoms with Crippen molar-refractivity contribution in [2.75, 3.05) is 13.2 Å². The highest BCUT2D eigenvalue weighted by molar-refractivity contribution is 9.12. The van der Waals surface area contributed by atoms with E-state index in [1.165, 1.54) is 4.90 Å². The molecular weight excluding hydrogens is 529 g/mol. The van der Waals surface area contributed by atoms with Crippen LogP contribution < -0.4 is 0 Å². The van der Waals surface area contributed by atoms with Gasteiger partial charge in [-0.2, -0.15) is 0 Å². The Morgan fingerprint density at radius 2 is 1.59 bits per heavy atom. The number of hydrogen-bond acceptors (Lipinski definition) is 5. The first kappa shape index (κ1) is 21.0. The quantitative estimate of drug-likeness (QED) is 0.237. The van der Waals surface area contributed by atoms with Gasteiger partial charge in [-0.1, -0.05) is 43.5 Å². The van der Waals surface area contributed by atoms with Crippen LogP contribution in [0.15, 0.2) is 24.3 Å². The summed E-state index contributed by atoms with van der Waals surface area (Å²) >= 11 is 13.1. The molecule has 6 atom stereocenters. The fraction of sp³-hybridized carbons (Fsp3) is 0.500. The number of hydrogen-bond donors (Lipinski definition) is 0. The van der Waals surface area contributed by atoms with Crippen LogP contribution in [-0.2, 0) is 19.1 Å². The first-order valence-electron chi connectivity index (χ1n) is 9.37. The largest absolute Gasteiger partial charge is 0.457 e. The number of carbonyl (C=O) groups is 4. The van der Waals surface area contributed by atoms with Crippen molar-refractivity contribution in [3.63, 3.8) is 0 Å². The maximum absolute atomic E-state index is 12.8. The Labute approximate surface area is 189 Å². The summed E-state index contributed by atoms with van der Waals surface area (Å²) in [5.74, 6) is -1.67. The van der Waals surface area contributed by atoms with Gasteiger partial charge in [0.25, 0.3) is 0 Å². The average molecular weight is 548 g/mol. The van der Waals surface area contributed by atoms with E-state index in [2.05, 4.69) is 31.9 Å². The highest BCUT2D eigenvalue weighted by Gasteiger charge is 2.66. The van der Waals surface area contributed by atoms with E-state index in [0.29, 0.717) is 10.6 Å². The molecule has 0 spiro atoms. The maximum Gasteiger partial charge on any atom is 0.308 e. The molecule has 29 heavy (non-hydrogen) atoms. The number of carbonyl (C=O) groups excluding carboxylic acids is 4. The van der Waals surface area contributed by atoms with E-state index in [1.807, 2.05) is 0 Å². The van der Waals surface area contributed by atoms with Crippen molar-refractivity contribution in [3.05, 3.63) is 34.9 Å². The van der Waals surface area contributed by atoms with Crippen LogP contribution in [0, 0.1) is 23.7 Å². The number of rotatable bonds is 6. The molecule has 154 valence electrons. The molecule has 0 N–H and O–H groups in total. The molecule has 1 aromatic rings. The van der Waals surface area contributed by atoms with Crippen LogP contribution in [0.5, 0.6) is 0 Å². The highest BCUT2D eigenvalue weighted by Crippen LogP contribution is 2.60. The van der Waals surface area contributed by atoms with Crippen LogP contribution in [-0.4, -0.2) is 51.3 Å². The fourth-order valence-electron chi connectivity index (χ4n) is 4.77. The Kier molecular flexibility index (Phi) is 5.88. The third-order valence-electron chi connectivity index (χ3n) is 6.15. The van der Waals surface area contributed by atoms with Crippen molar-refractivity contribution in [2.24, 2.45) is 23.7 Å². The van der Waals surface area contributed by atoms with Crippen LogP contribution >= 0.6 is 43.5 Å². The number of nitrogens with zero attached hydrogens (tertiary/aromatic N) is 1. The van der Waals surface area contributed by atoms with Gasteiger partial charge in [0, 0.05) is 26.8 Å². The maximum atomic E-state index is 12.8. The van der Waals surface area contributed by atoms with E-state index in [0.717, 1.165) is 6.42 Å². The Morgan fingerprint density at radius 1 is 1.03 bits per heavy atom. The Balaban J connectivity index is 1.30. The summed E-state index contributed by atoms with van der Waals surface area (Å²) in [6, 6.07) is 6.28. The molecule has 1 aromatic carbocycles. The van der Waals surface area contributed by atoms with Gasteiger partial charge in [-0.3, -0.25) is 24.1 Å². The number of esters is 1. The molecule has 1 saturated heterocycles. The van der Waals surface area contributed by atoms with Gasteiger partial charge in [-0.05, 0) is 42.5 Å². The fourth-order valence-corrected chi connectivity index (χ4v) is 6.77. The molecule has 0 unspecified atom stereocenters. The number of amides is 2. The molecule has 0 radical (unpaired) electrons. The van der Waals surface area contributed by atoms with Crippen molar-refractivity contribution in [3.8, 4) is 0 Å². The topological polar surface area (TPSA) is 80.8 Å². The summed E-state index contributed by atoms with van der Waals surface area (Å²) in [6.45, 7) is -0.410. The molecule has 1 heterocycles. The number of Topliss-reactive ketones (excluding diaryl/α,β-unsaturated/α-hetero) is 1. The summed E-state index contributed by atoms with van der Waals surface area (Å²) in [6.07, 6.45) is 0.733. The Morgan fingerprint density at radius 3 is 2.14 bits per heavy atom. The number of likely N-dealkylation sites (tertiary alicyclic amines) is 1. The van der Waals surface area contributed by atoms with E-state index < -0.39 is 12.6 Å². The van der Waals surface area contributed by atoms with Gasteiger partial charge in [0.2, 0.25) is 11.8 Å². The smallest absolute Gasteiger partial charge is 0.308 e. The molecule has 3 fully saturated rings. The molecule has 2 amide bonds. The number of ether oxygens (including phenoxy) is 1. The Bertz CT molecular complexity index is 844. The number of ketones is 1. The number of fused-ring (bicyclic) bond motifs is 5. The molecule has 4 rings (SSSR count). The zero-order valence-electron chi connectivity index (χ0n) is 15.2. The van der Waals surface area contributed by atoms with Crippen molar-refractivity contribution >= 4 is 67.0 Å². The Hall–Kier alpha value is -1.25. The van der Waals surface area contributed by atoms with Gasteiger partial charge >= 0.3 is 5.97 Å². The van der Waals surface area contributed by atoms with E-state index in [-0.39, 0.29) is 63.9 Å². The summed E-state index contributed by atoms with van der Waals surface area (Å²) in [5.41, 5.74) is 0.393. The lowest BCUT2D eigenvalue weighted by atomic mass is 9.81. The molecule has 0 aromatic heterocycles. The van der Waals surface area contributed by atoms with Gasteiger partial charge in [-0.25, -0.2) is 0 Å². The molecule has 2 saturated carbocycles. The molecular formula is C20H18Br2ClNO5. The van der Waals surface area contributed by atoms with Gasteiger partial charge in [-0.15, -0.1) is 0 Å². The second-order valence-electron chi connectivity index (χ2n) is 7.67. The zero-order chi connectivity index (χ0) is 20.9. The van der Waals surface area contributed by atoms with Gasteiger partial charge < -0.3 is 4.74 Å². The summed E-state index contributed by atoms with van der Waals surface area (Å²) < 4.78 is 5.02. The van der Waals surface area contributed by atoms with Crippen LogP contribution in [0.3, 0.4) is 0 Å². The standard InChI is InChI=1S/C20H18Br2ClNO5/c21-17-11-7-12(18(17)22)16-15(11)19(27)24(20(16)28)6-5-14(26)29-8-13(25)9-1-3-10(23)4-2-9/h1-4,11-12,15-18H,5-8H2/t11-,12-,15-,16-,17-,18+/m0/s1. The van der Waals surface area contributed by atoms with Crippen LogP contribution in [0.25, 0.3) is 0 Å². The number of alkyl halides is 2. The van der Waals surface area contributed by atoms with Crippen molar-refractivity contribution in [2.45, 2.75) is 22.5 Å². The first-order valence-corrected chi connectivity index (χ1v) is 11.6. The minimum atomic E-state index is -0.621. The molecule has 9 heteroatoms. The van der Waals surface area contributed by atoms with E-state index in [9.17, 15) is 19.2 Å². The second kappa shape index (κ2) is 8.12. The molecule has 2 aliphatic carbocycles. The van der Waals surface area contributed by atoms with Gasteiger partial charge in [0.05, 0.1) is 18.3 Å². The van der Waals surface area contributed by atoms with Gasteiger partial charge in [0.15, 0.2) is 12.4 Å². The van der Waals surface area contributed by atoms with Crippen LogP contribution in [0.4, 0.5) is 0 Å². The summed E-state index contributed by atoms with van der Waals surface area (Å²) in [5, 5.41) is 0.508. The number of benzene rings is 1. The van der Waals surface area contributed by atoms with E-state index in [1.54, 1.807) is 24.3 Å². The molecule has 1 aliphatic heterocycles. The molecule has 6 nitrogen and oxygen atoms in total. The number of imide groups is 1. The lowest BCUT2D eigenvalue weighted by Crippen LogP contribution is -2.37. The normalized spacial score (nSPS) is 32.6. The minimum Gasteiger partial charge on any atom is -0.457 e. The molecule has 3 aliphatic rings. The monoisotopic (exact) mass is 545 g/mol. The lowest BCUT2D eigenvalue weighted by Gasteiger charge is -2.28. The van der Waals surface area contributed by atoms with Crippen LogP contribution in [0.1, 0.15) is 23.2 Å². The van der Waals surface area contributed by atoms with Crippen molar-refractivity contribution in [1.29, 1.82) is 0 Å². The van der Waals surface area contributed by atoms with Crippen molar-refractivity contribution < 1.29 is 23.9 Å². The van der Waals surface area contributed by atoms with E-state index >= 15 is 0 Å². The predicted molar refractivity (Wildman–Crippen MR) is 112 cm³/mol.